The molecule has 1 N–H and O–H groups in total. The molecule has 1 unspecified atom stereocenters. The first-order chi connectivity index (χ1) is 14.1. The number of rotatable bonds is 7. The van der Waals surface area contributed by atoms with E-state index < -0.39 is 0 Å². The Labute approximate surface area is 171 Å². The lowest BCUT2D eigenvalue weighted by Gasteiger charge is -2.22. The lowest BCUT2D eigenvalue weighted by molar-refractivity contribution is 0.206. The summed E-state index contributed by atoms with van der Waals surface area (Å²) < 4.78 is 16.7. The summed E-state index contributed by atoms with van der Waals surface area (Å²) in [6, 6.07) is 8.13. The molecule has 154 valence electrons. The first kappa shape index (κ1) is 19.5. The van der Waals surface area contributed by atoms with E-state index in [1.54, 1.807) is 14.2 Å². The second-order valence-electron chi connectivity index (χ2n) is 7.77. The van der Waals surface area contributed by atoms with E-state index in [0.29, 0.717) is 5.92 Å². The first-order valence-electron chi connectivity index (χ1n) is 10.1. The van der Waals surface area contributed by atoms with E-state index in [9.17, 15) is 0 Å². The highest BCUT2D eigenvalue weighted by Crippen LogP contribution is 2.38. The number of aromatic amines is 1. The van der Waals surface area contributed by atoms with Gasteiger partial charge in [-0.1, -0.05) is 19.0 Å². The van der Waals surface area contributed by atoms with Crippen LogP contribution in [0, 0.1) is 0 Å². The van der Waals surface area contributed by atoms with Crippen molar-refractivity contribution in [3.8, 4) is 22.8 Å². The van der Waals surface area contributed by atoms with Crippen LogP contribution in [0.15, 0.2) is 35.0 Å². The molecule has 7 heteroatoms. The Balaban J connectivity index is 1.60. The van der Waals surface area contributed by atoms with Crippen LogP contribution in [0.2, 0.25) is 0 Å². The highest BCUT2D eigenvalue weighted by molar-refractivity contribution is 5.71. The smallest absolute Gasteiger partial charge is 0.154 e. The molecule has 1 saturated heterocycles. The molecule has 0 bridgehead atoms. The number of hydrogen-bond donors (Lipinski definition) is 1. The largest absolute Gasteiger partial charge is 0.497 e. The molecular weight excluding hydrogens is 368 g/mol. The molecule has 1 aliphatic rings. The van der Waals surface area contributed by atoms with Crippen molar-refractivity contribution in [1.82, 2.24) is 20.3 Å². The van der Waals surface area contributed by atoms with Gasteiger partial charge in [0.25, 0.3) is 0 Å². The number of methoxy groups -OCH3 is 2. The Morgan fingerprint density at radius 2 is 2.10 bits per heavy atom. The topological polar surface area (TPSA) is 76.4 Å². The Morgan fingerprint density at radius 1 is 1.24 bits per heavy atom. The van der Waals surface area contributed by atoms with Gasteiger partial charge in [0.2, 0.25) is 0 Å². The lowest BCUT2D eigenvalue weighted by Crippen LogP contribution is -2.22. The second-order valence-corrected chi connectivity index (χ2v) is 7.77. The number of nitrogens with zero attached hydrogens (tertiary/aromatic N) is 3. The van der Waals surface area contributed by atoms with Gasteiger partial charge in [-0.15, -0.1) is 0 Å². The Hall–Kier alpha value is -2.80. The van der Waals surface area contributed by atoms with Gasteiger partial charge in [0, 0.05) is 23.7 Å². The normalized spacial score (nSPS) is 17.2. The van der Waals surface area contributed by atoms with Gasteiger partial charge in [0.05, 0.1) is 37.8 Å². The van der Waals surface area contributed by atoms with Crippen molar-refractivity contribution in [3.05, 3.63) is 47.5 Å². The van der Waals surface area contributed by atoms with E-state index in [0.717, 1.165) is 65.7 Å². The molecule has 4 rings (SSSR count). The van der Waals surface area contributed by atoms with Crippen LogP contribution < -0.4 is 9.47 Å². The molecule has 3 aromatic rings. The molecule has 29 heavy (non-hydrogen) atoms. The summed E-state index contributed by atoms with van der Waals surface area (Å²) in [5.74, 6) is 2.88. The molecule has 0 saturated carbocycles. The SMILES string of the molecule is COc1ccc(OC)c(-c2[nH]ncc2CN2CCCC2c2cc(C(C)C)no2)c1. The maximum Gasteiger partial charge on any atom is 0.154 e. The van der Waals surface area contributed by atoms with E-state index in [2.05, 4.69) is 40.2 Å². The number of aromatic nitrogens is 3. The third-order valence-electron chi connectivity index (χ3n) is 5.60. The molecule has 0 amide bonds. The fourth-order valence-corrected chi connectivity index (χ4v) is 3.96. The molecule has 3 heterocycles. The van der Waals surface area contributed by atoms with Crippen molar-refractivity contribution in [2.24, 2.45) is 0 Å². The molecule has 1 fully saturated rings. The monoisotopic (exact) mass is 396 g/mol. The van der Waals surface area contributed by atoms with Gasteiger partial charge in [0.15, 0.2) is 5.76 Å². The van der Waals surface area contributed by atoms with Crippen molar-refractivity contribution in [3.63, 3.8) is 0 Å². The van der Waals surface area contributed by atoms with E-state index >= 15 is 0 Å². The zero-order valence-corrected chi connectivity index (χ0v) is 17.4. The average molecular weight is 396 g/mol. The molecule has 1 aromatic carbocycles. The molecular formula is C22H28N4O3. The van der Waals surface area contributed by atoms with Crippen molar-refractivity contribution >= 4 is 0 Å². The molecule has 7 nitrogen and oxygen atoms in total. The number of hydrogen-bond acceptors (Lipinski definition) is 6. The summed E-state index contributed by atoms with van der Waals surface area (Å²) >= 11 is 0. The maximum atomic E-state index is 5.69. The van der Waals surface area contributed by atoms with E-state index in [1.807, 2.05) is 24.4 Å². The highest BCUT2D eigenvalue weighted by atomic mass is 16.5. The number of nitrogens with one attached hydrogen (secondary N) is 1. The Kier molecular flexibility index (Phi) is 5.58. The third-order valence-corrected chi connectivity index (χ3v) is 5.60. The summed E-state index contributed by atoms with van der Waals surface area (Å²) in [5.41, 5.74) is 4.02. The van der Waals surface area contributed by atoms with Crippen molar-refractivity contribution in [2.45, 2.75) is 45.2 Å². The molecule has 2 aromatic heterocycles. The van der Waals surface area contributed by atoms with Crippen LogP contribution in [-0.2, 0) is 6.54 Å². The molecule has 0 radical (unpaired) electrons. The predicted octanol–water partition coefficient (Wildman–Crippen LogP) is 4.54. The average Bonchev–Trinajstić information content (AvgIpc) is 3.48. The molecule has 0 aliphatic carbocycles. The van der Waals surface area contributed by atoms with Gasteiger partial charge >= 0.3 is 0 Å². The molecule has 0 spiro atoms. The predicted molar refractivity (Wildman–Crippen MR) is 110 cm³/mol. The lowest BCUT2D eigenvalue weighted by atomic mass is 10.0. The fraction of sp³-hybridized carbons (Fsp3) is 0.455. The minimum absolute atomic E-state index is 0.241. The molecule has 1 aliphatic heterocycles. The van der Waals surface area contributed by atoms with E-state index in [-0.39, 0.29) is 6.04 Å². The minimum atomic E-state index is 0.241. The van der Waals surface area contributed by atoms with Crippen molar-refractivity contribution in [2.75, 3.05) is 20.8 Å². The summed E-state index contributed by atoms with van der Waals surface area (Å²) in [5, 5.41) is 11.7. The van der Waals surface area contributed by atoms with Crippen LogP contribution in [0.1, 0.15) is 55.7 Å². The van der Waals surface area contributed by atoms with Crippen molar-refractivity contribution in [1.29, 1.82) is 0 Å². The Morgan fingerprint density at radius 3 is 2.83 bits per heavy atom. The van der Waals surface area contributed by atoms with Crippen molar-refractivity contribution < 1.29 is 14.0 Å². The summed E-state index contributed by atoms with van der Waals surface area (Å²) in [6.07, 6.45) is 4.10. The second kappa shape index (κ2) is 8.29. The van der Waals surface area contributed by atoms with Gasteiger partial charge in [-0.2, -0.15) is 5.10 Å². The number of likely N-dealkylation sites (tertiary alicyclic amines) is 1. The summed E-state index contributed by atoms with van der Waals surface area (Å²) in [7, 11) is 3.34. The minimum Gasteiger partial charge on any atom is -0.497 e. The number of benzene rings is 1. The fourth-order valence-electron chi connectivity index (χ4n) is 3.96. The van der Waals surface area contributed by atoms with Gasteiger partial charge < -0.3 is 14.0 Å². The van der Waals surface area contributed by atoms with Gasteiger partial charge in [-0.05, 0) is 43.5 Å². The van der Waals surface area contributed by atoms with Crippen LogP contribution in [0.5, 0.6) is 11.5 Å². The van der Waals surface area contributed by atoms with Gasteiger partial charge in [-0.25, -0.2) is 0 Å². The van der Waals surface area contributed by atoms with Crippen LogP contribution >= 0.6 is 0 Å². The zero-order chi connectivity index (χ0) is 20.4. The molecule has 1 atom stereocenters. The van der Waals surface area contributed by atoms with E-state index in [4.69, 9.17) is 14.0 Å². The number of H-pyrrole nitrogens is 1. The maximum absolute atomic E-state index is 5.69. The zero-order valence-electron chi connectivity index (χ0n) is 17.4. The van der Waals surface area contributed by atoms with Crippen LogP contribution in [-0.4, -0.2) is 41.0 Å². The standard InChI is InChI=1S/C22H28N4O3/c1-14(2)18-11-21(29-25-18)19-6-5-9-26(19)13-15-12-23-24-22(15)17-10-16(27-3)7-8-20(17)28-4/h7-8,10-12,14,19H,5-6,9,13H2,1-4H3,(H,23,24). The Bertz CT molecular complexity index is 963. The summed E-state index contributed by atoms with van der Waals surface area (Å²) in [4.78, 5) is 2.44. The van der Waals surface area contributed by atoms with Crippen LogP contribution in [0.3, 0.4) is 0 Å². The first-order valence-corrected chi connectivity index (χ1v) is 10.1. The highest BCUT2D eigenvalue weighted by Gasteiger charge is 2.30. The van der Waals surface area contributed by atoms with E-state index in [1.165, 1.54) is 0 Å². The van der Waals surface area contributed by atoms with Crippen LogP contribution in [0.25, 0.3) is 11.3 Å². The third kappa shape index (κ3) is 3.87. The van der Waals surface area contributed by atoms with Gasteiger partial charge in [-0.3, -0.25) is 10.00 Å². The van der Waals surface area contributed by atoms with Crippen LogP contribution in [0.4, 0.5) is 0 Å². The summed E-state index contributed by atoms with van der Waals surface area (Å²) in [6.45, 7) is 6.05. The number of ether oxygens (including phenoxy) is 2. The quantitative estimate of drug-likeness (QED) is 0.632. The van der Waals surface area contributed by atoms with Gasteiger partial charge in [0.1, 0.15) is 11.5 Å².